The van der Waals surface area contributed by atoms with E-state index in [0.29, 0.717) is 11.4 Å². The van der Waals surface area contributed by atoms with Crippen LogP contribution in [0.15, 0.2) is 18.3 Å². The van der Waals surface area contributed by atoms with Gasteiger partial charge < -0.3 is 16.6 Å². The lowest BCUT2D eigenvalue weighted by Gasteiger charge is -2.22. The molecule has 1 atom stereocenters. The Balaban J connectivity index is 2.97. The van der Waals surface area contributed by atoms with Gasteiger partial charge in [0.25, 0.3) is 0 Å². The van der Waals surface area contributed by atoms with Crippen molar-refractivity contribution in [3.63, 3.8) is 0 Å². The maximum atomic E-state index is 10.5. The standard InChI is InChI=1S/C9H13N3O2/c1-9(11,5-8(13)14)6-2-3-12-7(10)4-6/h2-4H,5,11H2,1H3,(H2,10,12)(H,13,14)/t9-/m1/s1. The van der Waals surface area contributed by atoms with Crippen molar-refractivity contribution < 1.29 is 9.90 Å². The minimum Gasteiger partial charge on any atom is -0.481 e. The van der Waals surface area contributed by atoms with Crippen LogP contribution in [0.25, 0.3) is 0 Å². The number of nitrogens with zero attached hydrogens (tertiary/aromatic N) is 1. The molecule has 0 aromatic carbocycles. The number of nitrogen functional groups attached to an aromatic ring is 1. The lowest BCUT2D eigenvalue weighted by molar-refractivity contribution is -0.138. The zero-order valence-electron chi connectivity index (χ0n) is 7.90. The predicted molar refractivity (Wildman–Crippen MR) is 52.4 cm³/mol. The average Bonchev–Trinajstić information content (AvgIpc) is 2.01. The fourth-order valence-electron chi connectivity index (χ4n) is 1.22. The first kappa shape index (κ1) is 10.5. The summed E-state index contributed by atoms with van der Waals surface area (Å²) < 4.78 is 0. The zero-order chi connectivity index (χ0) is 10.8. The van der Waals surface area contributed by atoms with E-state index in [-0.39, 0.29) is 6.42 Å². The molecule has 5 nitrogen and oxygen atoms in total. The molecule has 0 bridgehead atoms. The van der Waals surface area contributed by atoms with Crippen molar-refractivity contribution in [2.75, 3.05) is 5.73 Å². The molecule has 1 heterocycles. The Bertz CT molecular complexity index is 350. The molecule has 1 aromatic heterocycles. The van der Waals surface area contributed by atoms with E-state index in [1.54, 1.807) is 19.1 Å². The highest BCUT2D eigenvalue weighted by Gasteiger charge is 2.24. The molecule has 0 unspecified atom stereocenters. The Morgan fingerprint density at radius 2 is 2.36 bits per heavy atom. The van der Waals surface area contributed by atoms with Crippen LogP contribution in [-0.4, -0.2) is 16.1 Å². The first-order valence-corrected chi connectivity index (χ1v) is 4.14. The molecule has 0 spiro atoms. The second-order valence-corrected chi connectivity index (χ2v) is 3.46. The molecule has 0 aliphatic carbocycles. The van der Waals surface area contributed by atoms with Gasteiger partial charge in [0.05, 0.1) is 6.42 Å². The van der Waals surface area contributed by atoms with E-state index < -0.39 is 11.5 Å². The number of carbonyl (C=O) groups is 1. The SMILES string of the molecule is C[C@@](N)(CC(=O)O)c1ccnc(N)c1. The first-order chi connectivity index (χ1) is 6.42. The maximum absolute atomic E-state index is 10.5. The van der Waals surface area contributed by atoms with Gasteiger partial charge in [-0.25, -0.2) is 4.98 Å². The van der Waals surface area contributed by atoms with Crippen LogP contribution in [0.1, 0.15) is 18.9 Å². The van der Waals surface area contributed by atoms with Crippen LogP contribution in [-0.2, 0) is 10.3 Å². The Hall–Kier alpha value is -1.62. The van der Waals surface area contributed by atoms with E-state index in [2.05, 4.69) is 4.98 Å². The third-order valence-electron chi connectivity index (χ3n) is 1.96. The second-order valence-electron chi connectivity index (χ2n) is 3.46. The van der Waals surface area contributed by atoms with Gasteiger partial charge in [0, 0.05) is 11.7 Å². The van der Waals surface area contributed by atoms with Crippen LogP contribution in [0, 0.1) is 0 Å². The molecule has 1 aromatic rings. The van der Waals surface area contributed by atoms with Crippen molar-refractivity contribution in [2.24, 2.45) is 5.73 Å². The summed E-state index contributed by atoms with van der Waals surface area (Å²) in [6, 6.07) is 3.25. The molecule has 0 aliphatic heterocycles. The van der Waals surface area contributed by atoms with Crippen LogP contribution in [0.3, 0.4) is 0 Å². The van der Waals surface area contributed by atoms with Gasteiger partial charge in [0.1, 0.15) is 5.82 Å². The monoisotopic (exact) mass is 195 g/mol. The lowest BCUT2D eigenvalue weighted by Crippen LogP contribution is -2.35. The van der Waals surface area contributed by atoms with Crippen molar-refractivity contribution in [2.45, 2.75) is 18.9 Å². The second kappa shape index (κ2) is 3.63. The molecule has 0 radical (unpaired) electrons. The van der Waals surface area contributed by atoms with Gasteiger partial charge in [-0.1, -0.05) is 0 Å². The summed E-state index contributed by atoms with van der Waals surface area (Å²) in [5.74, 6) is -0.602. The number of aromatic nitrogens is 1. The van der Waals surface area contributed by atoms with E-state index in [0.717, 1.165) is 0 Å². The van der Waals surface area contributed by atoms with Gasteiger partial charge in [-0.15, -0.1) is 0 Å². The zero-order valence-corrected chi connectivity index (χ0v) is 7.90. The van der Waals surface area contributed by atoms with E-state index in [1.165, 1.54) is 6.20 Å². The summed E-state index contributed by atoms with van der Waals surface area (Å²) in [6.45, 7) is 1.65. The Labute approximate surface area is 81.7 Å². The van der Waals surface area contributed by atoms with Gasteiger partial charge in [-0.3, -0.25) is 4.79 Å². The van der Waals surface area contributed by atoms with Crippen molar-refractivity contribution >= 4 is 11.8 Å². The number of hydrogen-bond donors (Lipinski definition) is 3. The molecule has 76 valence electrons. The fraction of sp³-hybridized carbons (Fsp3) is 0.333. The largest absolute Gasteiger partial charge is 0.481 e. The molecule has 0 saturated heterocycles. The number of carboxylic acids is 1. The van der Waals surface area contributed by atoms with Gasteiger partial charge >= 0.3 is 5.97 Å². The van der Waals surface area contributed by atoms with E-state index >= 15 is 0 Å². The minimum atomic E-state index is -0.939. The van der Waals surface area contributed by atoms with E-state index in [9.17, 15) is 4.79 Å². The van der Waals surface area contributed by atoms with Gasteiger partial charge in [0.2, 0.25) is 0 Å². The van der Waals surface area contributed by atoms with E-state index in [4.69, 9.17) is 16.6 Å². The molecule has 0 saturated carbocycles. The smallest absolute Gasteiger partial charge is 0.305 e. The molecular weight excluding hydrogens is 182 g/mol. The highest BCUT2D eigenvalue weighted by molar-refractivity contribution is 5.68. The third kappa shape index (κ3) is 2.43. The molecule has 14 heavy (non-hydrogen) atoms. The summed E-state index contributed by atoms with van der Waals surface area (Å²) in [7, 11) is 0. The van der Waals surface area contributed by atoms with Crippen LogP contribution < -0.4 is 11.5 Å². The number of aliphatic carboxylic acids is 1. The van der Waals surface area contributed by atoms with Crippen LogP contribution >= 0.6 is 0 Å². The summed E-state index contributed by atoms with van der Waals surface area (Å²) in [5.41, 5.74) is 11.1. The van der Waals surface area contributed by atoms with Crippen molar-refractivity contribution in [3.8, 4) is 0 Å². The van der Waals surface area contributed by atoms with Gasteiger partial charge in [0.15, 0.2) is 0 Å². The van der Waals surface area contributed by atoms with Crippen molar-refractivity contribution in [1.29, 1.82) is 0 Å². The summed E-state index contributed by atoms with van der Waals surface area (Å²) in [6.07, 6.45) is 1.37. The summed E-state index contributed by atoms with van der Waals surface area (Å²) >= 11 is 0. The molecule has 0 amide bonds. The Kier molecular flexibility index (Phi) is 2.71. The highest BCUT2D eigenvalue weighted by atomic mass is 16.4. The topological polar surface area (TPSA) is 102 Å². The molecule has 1 rings (SSSR count). The molecule has 5 heteroatoms. The number of pyridine rings is 1. The van der Waals surface area contributed by atoms with Gasteiger partial charge in [-0.2, -0.15) is 0 Å². The quantitative estimate of drug-likeness (QED) is 0.644. The lowest BCUT2D eigenvalue weighted by atomic mass is 9.90. The minimum absolute atomic E-state index is 0.142. The van der Waals surface area contributed by atoms with Crippen molar-refractivity contribution in [1.82, 2.24) is 4.98 Å². The fourth-order valence-corrected chi connectivity index (χ4v) is 1.22. The number of nitrogens with two attached hydrogens (primary N) is 2. The predicted octanol–water partition coefficient (Wildman–Crippen LogP) is 0.312. The number of carboxylic acid groups (broad SMARTS) is 1. The maximum Gasteiger partial charge on any atom is 0.305 e. The normalized spacial score (nSPS) is 14.7. The highest BCUT2D eigenvalue weighted by Crippen LogP contribution is 2.22. The number of hydrogen-bond acceptors (Lipinski definition) is 4. The van der Waals surface area contributed by atoms with Crippen LogP contribution in [0.5, 0.6) is 0 Å². The number of rotatable bonds is 3. The molecular formula is C9H13N3O2. The van der Waals surface area contributed by atoms with Gasteiger partial charge in [-0.05, 0) is 24.6 Å². The molecule has 0 aliphatic rings. The Morgan fingerprint density at radius 3 is 2.86 bits per heavy atom. The first-order valence-electron chi connectivity index (χ1n) is 4.14. The molecule has 0 fully saturated rings. The number of anilines is 1. The third-order valence-corrected chi connectivity index (χ3v) is 1.96. The summed E-state index contributed by atoms with van der Waals surface area (Å²) in [4.78, 5) is 14.4. The van der Waals surface area contributed by atoms with Crippen molar-refractivity contribution in [3.05, 3.63) is 23.9 Å². The molecule has 5 N–H and O–H groups in total. The van der Waals surface area contributed by atoms with Crippen LogP contribution in [0.2, 0.25) is 0 Å². The summed E-state index contributed by atoms with van der Waals surface area (Å²) in [5, 5.41) is 8.65. The van der Waals surface area contributed by atoms with Crippen LogP contribution in [0.4, 0.5) is 5.82 Å². The van der Waals surface area contributed by atoms with E-state index in [1.807, 2.05) is 0 Å². The Morgan fingerprint density at radius 1 is 1.71 bits per heavy atom. The average molecular weight is 195 g/mol.